The number of carbonyl (C=O) groups excluding carboxylic acids is 1. The lowest BCUT2D eigenvalue weighted by Gasteiger charge is -2.08. The van der Waals surface area contributed by atoms with Crippen LogP contribution in [0.25, 0.3) is 11.8 Å². The number of nitriles is 1. The summed E-state index contributed by atoms with van der Waals surface area (Å²) >= 11 is 3.46. The number of methoxy groups -OCH3 is 1. The summed E-state index contributed by atoms with van der Waals surface area (Å²) in [6.07, 6.45) is 3.47. The van der Waals surface area contributed by atoms with Gasteiger partial charge in [-0.25, -0.2) is 0 Å². The van der Waals surface area contributed by atoms with Gasteiger partial charge in [0.2, 0.25) is 0 Å². The number of hydrogen-bond donors (Lipinski definition) is 1. The van der Waals surface area contributed by atoms with Gasteiger partial charge in [0.1, 0.15) is 17.4 Å². The minimum Gasteiger partial charge on any atom is -0.497 e. The van der Waals surface area contributed by atoms with Crippen molar-refractivity contribution in [2.45, 2.75) is 6.54 Å². The van der Waals surface area contributed by atoms with Crippen molar-refractivity contribution in [2.24, 2.45) is 0 Å². The van der Waals surface area contributed by atoms with E-state index in [0.717, 1.165) is 27.2 Å². The van der Waals surface area contributed by atoms with Crippen molar-refractivity contribution in [3.8, 4) is 17.5 Å². The second kappa shape index (κ2) is 9.07. The number of rotatable bonds is 6. The highest BCUT2D eigenvalue weighted by atomic mass is 79.9. The van der Waals surface area contributed by atoms with Gasteiger partial charge >= 0.3 is 0 Å². The van der Waals surface area contributed by atoms with Gasteiger partial charge in [0.25, 0.3) is 5.91 Å². The van der Waals surface area contributed by atoms with E-state index in [4.69, 9.17) is 4.74 Å². The van der Waals surface area contributed by atoms with E-state index in [-0.39, 0.29) is 5.57 Å². The lowest BCUT2D eigenvalue weighted by molar-refractivity contribution is -0.117. The van der Waals surface area contributed by atoms with Gasteiger partial charge in [-0.1, -0.05) is 34.1 Å². The molecule has 0 bridgehead atoms. The number of benzene rings is 2. The molecule has 0 aliphatic rings. The van der Waals surface area contributed by atoms with Crippen molar-refractivity contribution >= 4 is 27.9 Å². The van der Waals surface area contributed by atoms with Crippen molar-refractivity contribution in [3.05, 3.63) is 88.2 Å². The smallest absolute Gasteiger partial charge is 0.262 e. The Bertz CT molecular complexity index is 1050. The third-order valence-corrected chi connectivity index (χ3v) is 4.63. The van der Waals surface area contributed by atoms with Gasteiger partial charge in [0, 0.05) is 28.6 Å². The lowest BCUT2D eigenvalue weighted by atomic mass is 10.2. The van der Waals surface area contributed by atoms with Crippen LogP contribution in [-0.2, 0) is 11.3 Å². The van der Waals surface area contributed by atoms with Crippen LogP contribution in [0.5, 0.6) is 5.75 Å². The van der Waals surface area contributed by atoms with Crippen LogP contribution in [0.4, 0.5) is 0 Å². The molecular weight excluding hydrogens is 418 g/mol. The fourth-order valence-electron chi connectivity index (χ4n) is 2.69. The number of aromatic nitrogens is 1. The predicted molar refractivity (Wildman–Crippen MR) is 112 cm³/mol. The summed E-state index contributed by atoms with van der Waals surface area (Å²) in [4.78, 5) is 12.5. The molecule has 5 nitrogen and oxygen atoms in total. The van der Waals surface area contributed by atoms with Crippen molar-refractivity contribution in [1.29, 1.82) is 5.26 Å². The molecule has 28 heavy (non-hydrogen) atoms. The van der Waals surface area contributed by atoms with Crippen LogP contribution in [0.15, 0.2) is 76.9 Å². The number of halogens is 1. The molecular formula is C22H18BrN3O2. The average Bonchev–Trinajstić information content (AvgIpc) is 3.19. The minimum absolute atomic E-state index is 0.0449. The lowest BCUT2D eigenvalue weighted by Crippen LogP contribution is -2.24. The molecule has 0 saturated heterocycles. The summed E-state index contributed by atoms with van der Waals surface area (Å²) in [5.74, 6) is 0.335. The second-order valence-electron chi connectivity index (χ2n) is 5.98. The normalized spacial score (nSPS) is 11.0. The monoisotopic (exact) mass is 435 g/mol. The molecule has 0 radical (unpaired) electrons. The summed E-state index contributed by atoms with van der Waals surface area (Å²) < 4.78 is 7.99. The highest BCUT2D eigenvalue weighted by molar-refractivity contribution is 9.10. The first-order valence-corrected chi connectivity index (χ1v) is 9.36. The standard InChI is InChI=1S/C22H18BrN3O2/c1-28-21-9-7-16(8-10-21)15-25-22(27)17(14-24)12-19-6-3-11-26(19)20-5-2-4-18(23)13-20/h2-13H,15H2,1H3,(H,25,27). The molecule has 0 spiro atoms. The molecule has 0 unspecified atom stereocenters. The van der Waals surface area contributed by atoms with E-state index in [1.165, 1.54) is 0 Å². The van der Waals surface area contributed by atoms with Crippen LogP contribution in [0, 0.1) is 11.3 Å². The van der Waals surface area contributed by atoms with E-state index in [0.29, 0.717) is 6.54 Å². The molecule has 3 aromatic rings. The molecule has 3 rings (SSSR count). The van der Waals surface area contributed by atoms with Gasteiger partial charge in [-0.15, -0.1) is 0 Å². The average molecular weight is 436 g/mol. The Kier molecular flexibility index (Phi) is 6.30. The van der Waals surface area contributed by atoms with Gasteiger partial charge in [-0.2, -0.15) is 5.26 Å². The summed E-state index contributed by atoms with van der Waals surface area (Å²) in [5, 5.41) is 12.2. The molecule has 0 aliphatic heterocycles. The largest absolute Gasteiger partial charge is 0.497 e. The Morgan fingerprint density at radius 3 is 2.68 bits per heavy atom. The summed E-state index contributed by atoms with van der Waals surface area (Å²) in [6, 6.07) is 20.9. The highest BCUT2D eigenvalue weighted by Gasteiger charge is 2.11. The van der Waals surface area contributed by atoms with E-state index in [1.54, 1.807) is 13.2 Å². The van der Waals surface area contributed by atoms with Gasteiger partial charge in [0.15, 0.2) is 0 Å². The van der Waals surface area contributed by atoms with Crippen molar-refractivity contribution in [3.63, 3.8) is 0 Å². The molecule has 2 aromatic carbocycles. The van der Waals surface area contributed by atoms with E-state index >= 15 is 0 Å². The fourth-order valence-corrected chi connectivity index (χ4v) is 3.08. The SMILES string of the molecule is COc1ccc(CNC(=O)C(C#N)=Cc2cccn2-c2cccc(Br)c2)cc1. The minimum atomic E-state index is -0.416. The quantitative estimate of drug-likeness (QED) is 0.458. The molecule has 1 heterocycles. The van der Waals surface area contributed by atoms with Crippen LogP contribution in [0.3, 0.4) is 0 Å². The maximum absolute atomic E-state index is 12.5. The molecule has 0 fully saturated rings. The molecule has 1 N–H and O–H groups in total. The van der Waals surface area contributed by atoms with E-state index in [1.807, 2.05) is 77.5 Å². The Hall–Kier alpha value is -3.30. The van der Waals surface area contributed by atoms with Gasteiger partial charge < -0.3 is 14.6 Å². The Morgan fingerprint density at radius 2 is 2.00 bits per heavy atom. The Balaban J connectivity index is 1.76. The summed E-state index contributed by atoms with van der Waals surface area (Å²) in [6.45, 7) is 0.328. The van der Waals surface area contributed by atoms with Crippen LogP contribution < -0.4 is 10.1 Å². The van der Waals surface area contributed by atoms with E-state index < -0.39 is 5.91 Å². The van der Waals surface area contributed by atoms with Crippen LogP contribution in [0.2, 0.25) is 0 Å². The van der Waals surface area contributed by atoms with Crippen LogP contribution >= 0.6 is 15.9 Å². The third-order valence-electron chi connectivity index (χ3n) is 4.14. The third kappa shape index (κ3) is 4.70. The predicted octanol–water partition coefficient (Wildman–Crippen LogP) is 4.47. The first kappa shape index (κ1) is 19.5. The molecule has 1 amide bonds. The van der Waals surface area contributed by atoms with Crippen LogP contribution in [-0.4, -0.2) is 17.6 Å². The topological polar surface area (TPSA) is 67.0 Å². The first-order chi connectivity index (χ1) is 13.6. The number of hydrogen-bond acceptors (Lipinski definition) is 3. The van der Waals surface area contributed by atoms with Crippen molar-refractivity contribution < 1.29 is 9.53 Å². The fraction of sp³-hybridized carbons (Fsp3) is 0.0909. The molecule has 6 heteroatoms. The molecule has 0 atom stereocenters. The maximum atomic E-state index is 12.5. The number of amides is 1. The number of nitrogens with zero attached hydrogens (tertiary/aromatic N) is 2. The second-order valence-corrected chi connectivity index (χ2v) is 6.90. The van der Waals surface area contributed by atoms with Gasteiger partial charge in [-0.05, 0) is 54.1 Å². The van der Waals surface area contributed by atoms with Crippen molar-refractivity contribution in [1.82, 2.24) is 9.88 Å². The maximum Gasteiger partial charge on any atom is 0.262 e. The molecule has 0 aliphatic carbocycles. The zero-order chi connectivity index (χ0) is 19.9. The number of ether oxygens (including phenoxy) is 1. The Labute approximate surface area is 172 Å². The van der Waals surface area contributed by atoms with E-state index in [9.17, 15) is 10.1 Å². The number of carbonyl (C=O) groups is 1. The van der Waals surface area contributed by atoms with Crippen LogP contribution in [0.1, 0.15) is 11.3 Å². The molecule has 140 valence electrons. The number of nitrogens with one attached hydrogen (secondary N) is 1. The molecule has 0 saturated carbocycles. The zero-order valence-corrected chi connectivity index (χ0v) is 16.8. The first-order valence-electron chi connectivity index (χ1n) is 8.57. The van der Waals surface area contributed by atoms with Crippen molar-refractivity contribution in [2.75, 3.05) is 7.11 Å². The van der Waals surface area contributed by atoms with Gasteiger partial charge in [-0.3, -0.25) is 4.79 Å². The molecule has 1 aromatic heterocycles. The Morgan fingerprint density at radius 1 is 1.21 bits per heavy atom. The summed E-state index contributed by atoms with van der Waals surface area (Å²) in [5.41, 5.74) is 2.64. The zero-order valence-electron chi connectivity index (χ0n) is 15.2. The summed E-state index contributed by atoms with van der Waals surface area (Å²) in [7, 11) is 1.60. The van der Waals surface area contributed by atoms with E-state index in [2.05, 4.69) is 21.2 Å². The highest BCUT2D eigenvalue weighted by Crippen LogP contribution is 2.19. The van der Waals surface area contributed by atoms with Gasteiger partial charge in [0.05, 0.1) is 7.11 Å².